The fourth-order valence-electron chi connectivity index (χ4n) is 1.89. The first-order chi connectivity index (χ1) is 9.06. The molecule has 2 rings (SSSR count). The molecule has 0 radical (unpaired) electrons. The molecule has 1 atom stereocenters. The number of rotatable bonds is 4. The molecule has 0 bridgehead atoms. The van der Waals surface area contributed by atoms with Gasteiger partial charge in [-0.1, -0.05) is 6.07 Å². The highest BCUT2D eigenvalue weighted by Gasteiger charge is 2.13. The Hall–Kier alpha value is -1.55. The van der Waals surface area contributed by atoms with Crippen LogP contribution in [0, 0.1) is 6.92 Å². The van der Waals surface area contributed by atoms with Crippen molar-refractivity contribution in [1.29, 1.82) is 0 Å². The average Bonchev–Trinajstić information content (AvgIpc) is 2.81. The SMILES string of the molecule is Cc1ccc(C(=O)NC(C)Cc2ccco2)c(Br)c1. The Morgan fingerprint density at radius 2 is 2.21 bits per heavy atom. The van der Waals surface area contributed by atoms with Crippen LogP contribution in [0.4, 0.5) is 0 Å². The van der Waals surface area contributed by atoms with Crippen LogP contribution in [-0.2, 0) is 6.42 Å². The van der Waals surface area contributed by atoms with Crippen LogP contribution in [0.1, 0.15) is 28.6 Å². The molecule has 3 nitrogen and oxygen atoms in total. The van der Waals surface area contributed by atoms with Gasteiger partial charge in [0.05, 0.1) is 11.8 Å². The number of halogens is 1. The minimum absolute atomic E-state index is 0.0202. The van der Waals surface area contributed by atoms with Gasteiger partial charge in [-0.2, -0.15) is 0 Å². The van der Waals surface area contributed by atoms with E-state index in [1.807, 2.05) is 44.2 Å². The molecule has 0 aliphatic rings. The van der Waals surface area contributed by atoms with Crippen molar-refractivity contribution in [2.45, 2.75) is 26.3 Å². The maximum atomic E-state index is 12.1. The van der Waals surface area contributed by atoms with Gasteiger partial charge >= 0.3 is 0 Å². The Bertz CT molecular complexity index is 564. The zero-order chi connectivity index (χ0) is 13.8. The van der Waals surface area contributed by atoms with Crippen LogP contribution < -0.4 is 5.32 Å². The van der Waals surface area contributed by atoms with Crippen LogP contribution in [0.5, 0.6) is 0 Å². The van der Waals surface area contributed by atoms with E-state index in [1.165, 1.54) is 0 Å². The lowest BCUT2D eigenvalue weighted by Gasteiger charge is -2.13. The van der Waals surface area contributed by atoms with E-state index in [1.54, 1.807) is 6.26 Å². The van der Waals surface area contributed by atoms with Crippen molar-refractivity contribution in [2.75, 3.05) is 0 Å². The lowest BCUT2D eigenvalue weighted by Crippen LogP contribution is -2.34. The number of carbonyl (C=O) groups is 1. The summed E-state index contributed by atoms with van der Waals surface area (Å²) >= 11 is 3.42. The van der Waals surface area contributed by atoms with Gasteiger partial charge in [0.25, 0.3) is 5.91 Å². The second-order valence-electron chi connectivity index (χ2n) is 4.64. The Morgan fingerprint density at radius 3 is 2.84 bits per heavy atom. The molecule has 1 aromatic carbocycles. The average molecular weight is 322 g/mol. The van der Waals surface area contributed by atoms with Crippen LogP contribution in [0.2, 0.25) is 0 Å². The lowest BCUT2D eigenvalue weighted by molar-refractivity contribution is 0.0938. The van der Waals surface area contributed by atoms with E-state index < -0.39 is 0 Å². The quantitative estimate of drug-likeness (QED) is 0.932. The number of amides is 1. The molecule has 0 saturated heterocycles. The third kappa shape index (κ3) is 3.70. The molecule has 1 unspecified atom stereocenters. The summed E-state index contributed by atoms with van der Waals surface area (Å²) in [4.78, 5) is 12.1. The molecule has 1 amide bonds. The van der Waals surface area contributed by atoms with Gasteiger partial charge in [0.15, 0.2) is 0 Å². The minimum atomic E-state index is -0.0778. The van der Waals surface area contributed by atoms with Gasteiger partial charge in [-0.15, -0.1) is 0 Å². The van der Waals surface area contributed by atoms with Crippen molar-refractivity contribution in [1.82, 2.24) is 5.32 Å². The molecular formula is C15H16BrNO2. The normalized spacial score (nSPS) is 12.2. The zero-order valence-electron chi connectivity index (χ0n) is 10.9. The van der Waals surface area contributed by atoms with Gasteiger partial charge in [0.2, 0.25) is 0 Å². The number of aryl methyl sites for hydroxylation is 1. The van der Waals surface area contributed by atoms with Gasteiger partial charge in [0.1, 0.15) is 5.76 Å². The van der Waals surface area contributed by atoms with E-state index in [9.17, 15) is 4.79 Å². The third-order valence-corrected chi connectivity index (χ3v) is 3.49. The third-order valence-electron chi connectivity index (χ3n) is 2.83. The molecule has 1 aromatic heterocycles. The number of furan rings is 1. The predicted octanol–water partition coefficient (Wildman–Crippen LogP) is 3.71. The van der Waals surface area contributed by atoms with E-state index in [-0.39, 0.29) is 11.9 Å². The first-order valence-corrected chi connectivity index (χ1v) is 6.95. The largest absolute Gasteiger partial charge is 0.469 e. The van der Waals surface area contributed by atoms with Crippen molar-refractivity contribution in [2.24, 2.45) is 0 Å². The fourth-order valence-corrected chi connectivity index (χ4v) is 2.56. The van der Waals surface area contributed by atoms with E-state index in [4.69, 9.17) is 4.42 Å². The summed E-state index contributed by atoms with van der Waals surface area (Å²) in [6.07, 6.45) is 2.32. The standard InChI is InChI=1S/C15H16BrNO2/c1-10-5-6-13(14(16)8-10)15(18)17-11(2)9-12-4-3-7-19-12/h3-8,11H,9H2,1-2H3,(H,17,18). The molecule has 1 heterocycles. The highest BCUT2D eigenvalue weighted by molar-refractivity contribution is 9.10. The molecule has 0 spiro atoms. The van der Waals surface area contributed by atoms with Gasteiger partial charge in [-0.3, -0.25) is 4.79 Å². The molecule has 2 aromatic rings. The van der Waals surface area contributed by atoms with E-state index >= 15 is 0 Å². The topological polar surface area (TPSA) is 42.2 Å². The molecule has 0 aliphatic carbocycles. The fraction of sp³-hybridized carbons (Fsp3) is 0.267. The molecule has 1 N–H and O–H groups in total. The van der Waals surface area contributed by atoms with Gasteiger partial charge in [-0.05, 0) is 59.6 Å². The number of hydrogen-bond acceptors (Lipinski definition) is 2. The maximum absolute atomic E-state index is 12.1. The molecule has 0 fully saturated rings. The Kier molecular flexibility index (Phi) is 4.43. The van der Waals surface area contributed by atoms with Crippen LogP contribution in [0.25, 0.3) is 0 Å². The van der Waals surface area contributed by atoms with E-state index in [0.29, 0.717) is 12.0 Å². The summed E-state index contributed by atoms with van der Waals surface area (Å²) < 4.78 is 6.09. The van der Waals surface area contributed by atoms with Gasteiger partial charge in [0, 0.05) is 16.9 Å². The molecule has 100 valence electrons. The maximum Gasteiger partial charge on any atom is 0.252 e. The Labute approximate surface area is 121 Å². The van der Waals surface area contributed by atoms with Crippen molar-refractivity contribution in [3.63, 3.8) is 0 Å². The van der Waals surface area contributed by atoms with Crippen molar-refractivity contribution < 1.29 is 9.21 Å². The van der Waals surface area contributed by atoms with E-state index in [0.717, 1.165) is 15.8 Å². The predicted molar refractivity (Wildman–Crippen MR) is 78.2 cm³/mol. The van der Waals surface area contributed by atoms with Crippen molar-refractivity contribution in [3.8, 4) is 0 Å². The minimum Gasteiger partial charge on any atom is -0.469 e. The Morgan fingerprint density at radius 1 is 1.42 bits per heavy atom. The molecule has 0 saturated carbocycles. The Balaban J connectivity index is 2.00. The number of benzene rings is 1. The molecule has 19 heavy (non-hydrogen) atoms. The molecule has 0 aliphatic heterocycles. The van der Waals surface area contributed by atoms with Crippen molar-refractivity contribution >= 4 is 21.8 Å². The monoisotopic (exact) mass is 321 g/mol. The van der Waals surface area contributed by atoms with Crippen molar-refractivity contribution in [3.05, 3.63) is 58.0 Å². The van der Waals surface area contributed by atoms with Gasteiger partial charge < -0.3 is 9.73 Å². The summed E-state index contributed by atoms with van der Waals surface area (Å²) in [6.45, 7) is 3.95. The van der Waals surface area contributed by atoms with Crippen LogP contribution in [0.15, 0.2) is 45.5 Å². The summed E-state index contributed by atoms with van der Waals surface area (Å²) in [5, 5.41) is 2.97. The summed E-state index contributed by atoms with van der Waals surface area (Å²) in [7, 11) is 0. The number of hydrogen-bond donors (Lipinski definition) is 1. The van der Waals surface area contributed by atoms with Crippen LogP contribution >= 0.6 is 15.9 Å². The second kappa shape index (κ2) is 6.06. The van der Waals surface area contributed by atoms with Crippen LogP contribution in [-0.4, -0.2) is 11.9 Å². The van der Waals surface area contributed by atoms with Gasteiger partial charge in [-0.25, -0.2) is 0 Å². The highest BCUT2D eigenvalue weighted by atomic mass is 79.9. The van der Waals surface area contributed by atoms with Crippen LogP contribution in [0.3, 0.4) is 0 Å². The number of nitrogens with one attached hydrogen (secondary N) is 1. The first-order valence-electron chi connectivity index (χ1n) is 6.15. The molecular weight excluding hydrogens is 306 g/mol. The smallest absolute Gasteiger partial charge is 0.252 e. The number of carbonyl (C=O) groups excluding carboxylic acids is 1. The summed E-state index contributed by atoms with van der Waals surface area (Å²) in [5.41, 5.74) is 1.77. The summed E-state index contributed by atoms with van der Waals surface area (Å²) in [6, 6.07) is 9.47. The zero-order valence-corrected chi connectivity index (χ0v) is 12.5. The van der Waals surface area contributed by atoms with E-state index in [2.05, 4.69) is 21.2 Å². The highest BCUT2D eigenvalue weighted by Crippen LogP contribution is 2.18. The molecule has 4 heteroatoms. The lowest BCUT2D eigenvalue weighted by atomic mass is 10.1. The summed E-state index contributed by atoms with van der Waals surface area (Å²) in [5.74, 6) is 0.793. The first kappa shape index (κ1) is 13.9. The second-order valence-corrected chi connectivity index (χ2v) is 5.50.